The third kappa shape index (κ3) is 3.72. The van der Waals surface area contributed by atoms with Crippen LogP contribution in [-0.2, 0) is 9.53 Å². The number of nitrogens with zero attached hydrogens (tertiary/aromatic N) is 4. The van der Waals surface area contributed by atoms with Crippen LogP contribution < -0.4 is 11.3 Å². The molecule has 118 valence electrons. The van der Waals surface area contributed by atoms with Crippen molar-refractivity contribution >= 4 is 29.8 Å². The summed E-state index contributed by atoms with van der Waals surface area (Å²) in [4.78, 5) is 16.8. The van der Waals surface area contributed by atoms with Gasteiger partial charge in [-0.1, -0.05) is 30.3 Å². The molecule has 1 aromatic heterocycles. The van der Waals surface area contributed by atoms with Gasteiger partial charge in [0.2, 0.25) is 4.77 Å². The van der Waals surface area contributed by atoms with Gasteiger partial charge in [0.1, 0.15) is 5.92 Å². The average molecular weight is 331 g/mol. The van der Waals surface area contributed by atoms with Crippen LogP contribution in [0.1, 0.15) is 11.5 Å². The van der Waals surface area contributed by atoms with E-state index in [4.69, 9.17) is 22.8 Å². The van der Waals surface area contributed by atoms with Crippen molar-refractivity contribution in [2.75, 3.05) is 18.4 Å². The normalized spacial score (nSPS) is 12.3. The summed E-state index contributed by atoms with van der Waals surface area (Å²) in [6.45, 7) is 0. The Kier molecular flexibility index (Phi) is 5.06. The highest BCUT2D eigenvalue weighted by atomic mass is 32.1. The Morgan fingerprint density at radius 3 is 2.78 bits per heavy atom. The number of nitrogens with two attached hydrogens (primary N) is 1. The Bertz CT molecular complexity index is 819. The predicted octanol–water partition coefficient (Wildman–Crippen LogP) is 0.903. The van der Waals surface area contributed by atoms with Crippen molar-refractivity contribution in [3.8, 4) is 6.07 Å². The van der Waals surface area contributed by atoms with Crippen molar-refractivity contribution in [2.24, 2.45) is 5.10 Å². The zero-order chi connectivity index (χ0) is 16.8. The van der Waals surface area contributed by atoms with E-state index >= 15 is 0 Å². The van der Waals surface area contributed by atoms with Gasteiger partial charge in [-0.25, -0.2) is 10.2 Å². The number of nitrogen functional groups attached to an aromatic ring is 1. The van der Waals surface area contributed by atoms with Gasteiger partial charge in [0, 0.05) is 0 Å². The minimum atomic E-state index is -0.913. The summed E-state index contributed by atoms with van der Waals surface area (Å²) >= 11 is 4.83. The average Bonchev–Trinajstić information content (AvgIpc) is 2.89. The van der Waals surface area contributed by atoms with Gasteiger partial charge in [-0.3, -0.25) is 5.10 Å². The van der Waals surface area contributed by atoms with Crippen LogP contribution in [0.3, 0.4) is 0 Å². The van der Waals surface area contributed by atoms with Gasteiger partial charge in [-0.2, -0.15) is 20.1 Å². The lowest BCUT2D eigenvalue weighted by atomic mass is 9.95. The Labute approximate surface area is 136 Å². The van der Waals surface area contributed by atoms with Crippen LogP contribution in [0.2, 0.25) is 0 Å². The number of aromatic nitrogens is 3. The second-order valence-corrected chi connectivity index (χ2v) is 4.68. The van der Waals surface area contributed by atoms with Crippen LogP contribution in [-0.4, -0.2) is 33.7 Å². The van der Waals surface area contributed by atoms with Crippen LogP contribution in [0.25, 0.3) is 0 Å². The molecule has 0 saturated heterocycles. The lowest BCUT2D eigenvalue weighted by molar-refractivity contribution is -0.132. The maximum atomic E-state index is 12.0. The van der Waals surface area contributed by atoms with Crippen LogP contribution in [0.5, 0.6) is 0 Å². The van der Waals surface area contributed by atoms with E-state index < -0.39 is 11.9 Å². The molecular weight excluding hydrogens is 318 g/mol. The first-order valence-corrected chi connectivity index (χ1v) is 6.78. The molecule has 9 nitrogen and oxygen atoms in total. The molecule has 1 heterocycles. The molecule has 0 saturated carbocycles. The van der Waals surface area contributed by atoms with Gasteiger partial charge < -0.3 is 10.6 Å². The van der Waals surface area contributed by atoms with Crippen LogP contribution in [0, 0.1) is 16.1 Å². The third-order valence-corrected chi connectivity index (χ3v) is 3.04. The number of hydrogen-bond donors (Lipinski definition) is 3. The number of carbonyl (C=O) groups excluding carboxylic acids is 1. The van der Waals surface area contributed by atoms with E-state index in [9.17, 15) is 10.1 Å². The molecule has 1 atom stereocenters. The molecule has 0 amide bonds. The first-order valence-electron chi connectivity index (χ1n) is 6.37. The standard InChI is InChI=1S/C13H13N7O2S/c1-22-11(21)10(9(7-14)8-5-3-2-4-6-8)17-18-12-16-13(23)19-20(12)15/h2-6,9H,15H2,1H3,(H2,16,18,19,23)/b17-10-. The van der Waals surface area contributed by atoms with Crippen molar-refractivity contribution in [2.45, 2.75) is 5.92 Å². The number of rotatable bonds is 5. The molecule has 1 unspecified atom stereocenters. The fourth-order valence-electron chi connectivity index (χ4n) is 1.79. The van der Waals surface area contributed by atoms with Gasteiger partial charge >= 0.3 is 5.97 Å². The summed E-state index contributed by atoms with van der Waals surface area (Å²) in [7, 11) is 1.20. The summed E-state index contributed by atoms with van der Waals surface area (Å²) in [5.41, 5.74) is 2.97. The number of hydrazone groups is 1. The van der Waals surface area contributed by atoms with Gasteiger partial charge in [-0.15, -0.1) is 0 Å². The molecular formula is C13H13N7O2S. The summed E-state index contributed by atoms with van der Waals surface area (Å²) in [6.07, 6.45) is 0. The van der Waals surface area contributed by atoms with E-state index in [1.165, 1.54) is 7.11 Å². The molecule has 10 heteroatoms. The fourth-order valence-corrected chi connectivity index (χ4v) is 1.98. The molecule has 4 N–H and O–H groups in total. The highest BCUT2D eigenvalue weighted by molar-refractivity contribution is 7.71. The first-order chi connectivity index (χ1) is 11.1. The van der Waals surface area contributed by atoms with E-state index in [0.717, 1.165) is 4.79 Å². The first kappa shape index (κ1) is 16.2. The Balaban J connectivity index is 2.38. The zero-order valence-corrected chi connectivity index (χ0v) is 12.9. The monoisotopic (exact) mass is 331 g/mol. The Hall–Kier alpha value is -3.19. The van der Waals surface area contributed by atoms with Gasteiger partial charge in [0.15, 0.2) is 5.71 Å². The largest absolute Gasteiger partial charge is 0.464 e. The summed E-state index contributed by atoms with van der Waals surface area (Å²) in [5, 5.41) is 15.9. The molecule has 2 aromatic rings. The Morgan fingerprint density at radius 2 is 2.26 bits per heavy atom. The predicted molar refractivity (Wildman–Crippen MR) is 85.4 cm³/mol. The van der Waals surface area contributed by atoms with E-state index in [1.54, 1.807) is 30.3 Å². The van der Waals surface area contributed by atoms with E-state index in [1.807, 2.05) is 6.07 Å². The quantitative estimate of drug-likeness (QED) is 0.244. The summed E-state index contributed by atoms with van der Waals surface area (Å²) in [5.74, 6) is 4.00. The van der Waals surface area contributed by atoms with Gasteiger partial charge in [-0.05, 0) is 17.8 Å². The topological polar surface area (TPSA) is 134 Å². The molecule has 0 spiro atoms. The molecule has 0 aliphatic rings. The zero-order valence-electron chi connectivity index (χ0n) is 12.1. The number of anilines is 1. The number of nitrogens with one attached hydrogen (secondary N) is 2. The number of ether oxygens (including phenoxy) is 1. The van der Waals surface area contributed by atoms with E-state index in [2.05, 4.69) is 20.6 Å². The minimum absolute atomic E-state index is 0.0844. The molecule has 0 fully saturated rings. The van der Waals surface area contributed by atoms with Crippen molar-refractivity contribution in [1.29, 1.82) is 5.26 Å². The second kappa shape index (κ2) is 7.19. The summed E-state index contributed by atoms with van der Waals surface area (Å²) < 4.78 is 4.84. The van der Waals surface area contributed by atoms with Crippen LogP contribution >= 0.6 is 12.2 Å². The van der Waals surface area contributed by atoms with Crippen molar-refractivity contribution < 1.29 is 9.53 Å². The molecule has 0 aliphatic heterocycles. The number of hydrogen-bond acceptors (Lipinski definition) is 8. The Morgan fingerprint density at radius 1 is 1.57 bits per heavy atom. The smallest absolute Gasteiger partial charge is 0.355 e. The molecule has 0 aliphatic carbocycles. The lowest BCUT2D eigenvalue weighted by Gasteiger charge is -2.11. The third-order valence-electron chi connectivity index (χ3n) is 2.86. The van der Waals surface area contributed by atoms with Crippen molar-refractivity contribution in [3.05, 3.63) is 40.7 Å². The fraction of sp³-hybridized carbons (Fsp3) is 0.154. The SMILES string of the molecule is COC(=O)/C(=N\Nc1nc(=S)[nH]n1N)C(C#N)c1ccccc1. The number of H-pyrrole nitrogens is 1. The minimum Gasteiger partial charge on any atom is -0.464 e. The number of aromatic amines is 1. The summed E-state index contributed by atoms with van der Waals surface area (Å²) in [6, 6.07) is 10.8. The number of methoxy groups -OCH3 is 1. The maximum absolute atomic E-state index is 12.0. The molecule has 2 rings (SSSR count). The van der Waals surface area contributed by atoms with Crippen LogP contribution in [0.15, 0.2) is 35.4 Å². The van der Waals surface area contributed by atoms with E-state index in [0.29, 0.717) is 5.56 Å². The van der Waals surface area contributed by atoms with Crippen LogP contribution in [0.4, 0.5) is 5.95 Å². The number of benzene rings is 1. The van der Waals surface area contributed by atoms with Gasteiger partial charge in [0.05, 0.1) is 13.2 Å². The number of carbonyl (C=O) groups is 1. The lowest BCUT2D eigenvalue weighted by Crippen LogP contribution is -2.25. The number of esters is 1. The van der Waals surface area contributed by atoms with Crippen molar-refractivity contribution in [3.63, 3.8) is 0 Å². The van der Waals surface area contributed by atoms with Gasteiger partial charge in [0.25, 0.3) is 5.95 Å². The molecule has 0 bridgehead atoms. The van der Waals surface area contributed by atoms with E-state index in [-0.39, 0.29) is 16.4 Å². The highest BCUT2D eigenvalue weighted by Crippen LogP contribution is 2.18. The number of nitriles is 1. The molecule has 0 radical (unpaired) electrons. The maximum Gasteiger partial charge on any atom is 0.355 e. The molecule has 23 heavy (non-hydrogen) atoms. The van der Waals surface area contributed by atoms with Crippen molar-refractivity contribution in [1.82, 2.24) is 14.9 Å². The second-order valence-electron chi connectivity index (χ2n) is 4.30. The molecule has 1 aromatic carbocycles. The highest BCUT2D eigenvalue weighted by Gasteiger charge is 2.26.